The summed E-state index contributed by atoms with van der Waals surface area (Å²) in [4.78, 5) is 26.4. The number of anilines is 2. The van der Waals surface area contributed by atoms with Crippen molar-refractivity contribution in [2.45, 2.75) is 6.92 Å². The molecule has 0 aliphatic carbocycles. The van der Waals surface area contributed by atoms with Gasteiger partial charge >= 0.3 is 0 Å². The number of nitrogens with one attached hydrogen (secondary N) is 2. The first kappa shape index (κ1) is 14.0. The fraction of sp³-hybridized carbons (Fsp3) is 0.385. The van der Waals surface area contributed by atoms with Gasteiger partial charge in [-0.3, -0.25) is 10.1 Å². The zero-order chi connectivity index (χ0) is 14.8. The Hall–Kier alpha value is -1.99. The van der Waals surface area contributed by atoms with E-state index in [-0.39, 0.29) is 11.9 Å². The Morgan fingerprint density at radius 3 is 2.76 bits per heavy atom. The summed E-state index contributed by atoms with van der Waals surface area (Å²) in [5.41, 5.74) is 1.31. The van der Waals surface area contributed by atoms with Gasteiger partial charge in [-0.15, -0.1) is 0 Å². The first-order valence-corrected chi connectivity index (χ1v) is 7.09. The minimum atomic E-state index is -0.206. The van der Waals surface area contributed by atoms with Gasteiger partial charge in [0.1, 0.15) is 10.7 Å². The van der Waals surface area contributed by atoms with E-state index in [1.807, 2.05) is 0 Å². The Balaban J connectivity index is 2.12. The number of hydrogen-bond donors (Lipinski definition) is 2. The smallest absolute Gasteiger partial charge is 0.232 e. The van der Waals surface area contributed by atoms with Crippen LogP contribution in [-0.4, -0.2) is 47.0 Å². The lowest BCUT2D eigenvalue weighted by atomic mass is 10.3. The minimum Gasteiger partial charge on any atom is -0.352 e. The van der Waals surface area contributed by atoms with Gasteiger partial charge in [0.05, 0.1) is 5.52 Å². The van der Waals surface area contributed by atoms with E-state index >= 15 is 0 Å². The molecule has 3 rings (SSSR count). The Labute approximate surface area is 126 Å². The van der Waals surface area contributed by atoms with Crippen molar-refractivity contribution in [2.75, 3.05) is 36.4 Å². The molecule has 21 heavy (non-hydrogen) atoms. The van der Waals surface area contributed by atoms with Crippen LogP contribution in [0.2, 0.25) is 5.15 Å². The van der Waals surface area contributed by atoms with Crippen LogP contribution in [0, 0.1) is 0 Å². The highest BCUT2D eigenvalue weighted by atomic mass is 35.5. The Bertz CT molecular complexity index is 686. The average Bonchev–Trinajstić information content (AvgIpc) is 2.47. The van der Waals surface area contributed by atoms with Crippen molar-refractivity contribution in [3.05, 3.63) is 17.3 Å². The first-order valence-electron chi connectivity index (χ1n) is 6.71. The molecule has 7 nitrogen and oxygen atoms in total. The number of pyridine rings is 1. The third-order valence-electron chi connectivity index (χ3n) is 3.19. The molecule has 8 heteroatoms. The first-order chi connectivity index (χ1) is 10.1. The van der Waals surface area contributed by atoms with E-state index in [4.69, 9.17) is 11.6 Å². The molecule has 3 heterocycles. The second kappa shape index (κ2) is 5.79. The number of rotatable bonds is 2. The Morgan fingerprint density at radius 2 is 2.05 bits per heavy atom. The maximum absolute atomic E-state index is 11.2. The fourth-order valence-electron chi connectivity index (χ4n) is 2.29. The molecule has 0 unspecified atom stereocenters. The molecule has 1 aliphatic heterocycles. The second-order valence-electron chi connectivity index (χ2n) is 4.79. The fourth-order valence-corrected chi connectivity index (χ4v) is 2.43. The number of fused-ring (bicyclic) bond motifs is 1. The highest BCUT2D eigenvalue weighted by molar-refractivity contribution is 6.29. The van der Waals surface area contributed by atoms with Crippen LogP contribution in [0.4, 0.5) is 11.8 Å². The number of nitrogens with zero attached hydrogens (tertiary/aromatic N) is 4. The number of halogens is 1. The van der Waals surface area contributed by atoms with Crippen LogP contribution in [0.25, 0.3) is 11.0 Å². The Morgan fingerprint density at radius 1 is 1.29 bits per heavy atom. The van der Waals surface area contributed by atoms with Crippen LogP contribution in [-0.2, 0) is 4.79 Å². The molecule has 0 atom stereocenters. The molecule has 1 amide bonds. The Kier molecular flexibility index (Phi) is 3.85. The molecule has 0 radical (unpaired) electrons. The van der Waals surface area contributed by atoms with Crippen molar-refractivity contribution in [3.63, 3.8) is 0 Å². The van der Waals surface area contributed by atoms with E-state index in [0.717, 1.165) is 26.2 Å². The van der Waals surface area contributed by atoms with Gasteiger partial charge in [0.2, 0.25) is 11.9 Å². The number of amides is 1. The molecule has 2 N–H and O–H groups in total. The van der Waals surface area contributed by atoms with E-state index in [0.29, 0.717) is 22.0 Å². The highest BCUT2D eigenvalue weighted by Crippen LogP contribution is 2.25. The molecule has 0 saturated carbocycles. The lowest BCUT2D eigenvalue weighted by molar-refractivity contribution is -0.114. The van der Waals surface area contributed by atoms with E-state index in [2.05, 4.69) is 30.5 Å². The summed E-state index contributed by atoms with van der Waals surface area (Å²) in [6, 6.07) is 3.46. The van der Waals surface area contributed by atoms with Gasteiger partial charge < -0.3 is 10.2 Å². The molecule has 2 aromatic rings. The van der Waals surface area contributed by atoms with Gasteiger partial charge in [-0.05, 0) is 12.1 Å². The summed E-state index contributed by atoms with van der Waals surface area (Å²) in [7, 11) is 0. The molecule has 110 valence electrons. The van der Waals surface area contributed by atoms with Gasteiger partial charge in [0, 0.05) is 33.1 Å². The number of piperazine rings is 1. The van der Waals surface area contributed by atoms with E-state index in [9.17, 15) is 4.79 Å². The van der Waals surface area contributed by atoms with Gasteiger partial charge in [-0.1, -0.05) is 11.6 Å². The predicted molar refractivity (Wildman–Crippen MR) is 81.7 cm³/mol. The molecule has 0 bridgehead atoms. The lowest BCUT2D eigenvalue weighted by Crippen LogP contribution is -2.44. The van der Waals surface area contributed by atoms with Crippen LogP contribution in [0.3, 0.4) is 0 Å². The molecule has 1 aliphatic rings. The minimum absolute atomic E-state index is 0.206. The molecule has 1 fully saturated rings. The highest BCUT2D eigenvalue weighted by Gasteiger charge is 2.18. The molecule has 1 saturated heterocycles. The van der Waals surface area contributed by atoms with Crippen LogP contribution < -0.4 is 15.5 Å². The van der Waals surface area contributed by atoms with Gasteiger partial charge in [0.25, 0.3) is 0 Å². The molecule has 0 aromatic carbocycles. The summed E-state index contributed by atoms with van der Waals surface area (Å²) in [6.07, 6.45) is 0. The monoisotopic (exact) mass is 306 g/mol. The van der Waals surface area contributed by atoms with Crippen molar-refractivity contribution < 1.29 is 4.79 Å². The van der Waals surface area contributed by atoms with Crippen molar-refractivity contribution in [3.8, 4) is 0 Å². The van der Waals surface area contributed by atoms with Crippen molar-refractivity contribution in [1.29, 1.82) is 0 Å². The summed E-state index contributed by atoms with van der Waals surface area (Å²) in [5, 5.41) is 6.31. The summed E-state index contributed by atoms with van der Waals surface area (Å²) in [5.74, 6) is 0.780. The largest absolute Gasteiger partial charge is 0.352 e. The van der Waals surface area contributed by atoms with Gasteiger partial charge in [-0.2, -0.15) is 4.98 Å². The van der Waals surface area contributed by atoms with Crippen LogP contribution in [0.1, 0.15) is 6.92 Å². The third kappa shape index (κ3) is 3.03. The quantitative estimate of drug-likeness (QED) is 0.807. The number of hydrogen-bond acceptors (Lipinski definition) is 6. The zero-order valence-electron chi connectivity index (χ0n) is 11.6. The molecule has 2 aromatic heterocycles. The lowest BCUT2D eigenvalue weighted by Gasteiger charge is -2.29. The van der Waals surface area contributed by atoms with Crippen molar-refractivity contribution >= 4 is 40.3 Å². The number of aromatic nitrogens is 3. The van der Waals surface area contributed by atoms with Crippen molar-refractivity contribution in [2.24, 2.45) is 0 Å². The van der Waals surface area contributed by atoms with E-state index in [1.165, 1.54) is 6.92 Å². The SMILES string of the molecule is CC(=O)Nc1nc(N2CCNCC2)c2nc(Cl)ccc2n1. The summed E-state index contributed by atoms with van der Waals surface area (Å²) >= 11 is 5.99. The standard InChI is InChI=1S/C13H15ClN6O/c1-8(21)16-13-17-9-2-3-10(14)18-11(9)12(19-13)20-6-4-15-5-7-20/h2-3,15H,4-7H2,1H3,(H,16,17,19,21). The van der Waals surface area contributed by atoms with Gasteiger partial charge in [0.15, 0.2) is 5.82 Å². The van der Waals surface area contributed by atoms with E-state index in [1.54, 1.807) is 12.1 Å². The number of carbonyl (C=O) groups is 1. The summed E-state index contributed by atoms with van der Waals surface area (Å²) < 4.78 is 0. The topological polar surface area (TPSA) is 83.0 Å². The van der Waals surface area contributed by atoms with E-state index < -0.39 is 0 Å². The third-order valence-corrected chi connectivity index (χ3v) is 3.40. The molecular weight excluding hydrogens is 292 g/mol. The van der Waals surface area contributed by atoms with Crippen LogP contribution >= 0.6 is 11.6 Å². The van der Waals surface area contributed by atoms with Crippen molar-refractivity contribution in [1.82, 2.24) is 20.3 Å². The van der Waals surface area contributed by atoms with Crippen LogP contribution in [0.5, 0.6) is 0 Å². The maximum Gasteiger partial charge on any atom is 0.232 e. The normalized spacial score (nSPS) is 15.2. The van der Waals surface area contributed by atoms with Crippen LogP contribution in [0.15, 0.2) is 12.1 Å². The molecular formula is C13H15ClN6O. The molecule has 0 spiro atoms. The zero-order valence-corrected chi connectivity index (χ0v) is 12.3. The average molecular weight is 307 g/mol. The summed E-state index contributed by atoms with van der Waals surface area (Å²) in [6.45, 7) is 4.82. The van der Waals surface area contributed by atoms with Gasteiger partial charge in [-0.25, -0.2) is 9.97 Å². The predicted octanol–water partition coefficient (Wildman–Crippen LogP) is 1.05. The second-order valence-corrected chi connectivity index (χ2v) is 5.18. The maximum atomic E-state index is 11.2. The number of carbonyl (C=O) groups excluding carboxylic acids is 1.